The Hall–Kier alpha value is -2.47. The van der Waals surface area contributed by atoms with Crippen LogP contribution in [0.2, 0.25) is 0 Å². The number of amides is 1. The van der Waals surface area contributed by atoms with Gasteiger partial charge in [-0.25, -0.2) is 4.98 Å². The second-order valence-electron chi connectivity index (χ2n) is 6.11. The fourth-order valence-electron chi connectivity index (χ4n) is 3.15. The lowest BCUT2D eigenvalue weighted by Gasteiger charge is -2.25. The van der Waals surface area contributed by atoms with E-state index in [2.05, 4.69) is 43.2 Å². The summed E-state index contributed by atoms with van der Waals surface area (Å²) in [5.41, 5.74) is 3.97. The van der Waals surface area contributed by atoms with E-state index in [1.165, 1.54) is 47.0 Å². The molecule has 2 aromatic rings. The van der Waals surface area contributed by atoms with Crippen molar-refractivity contribution in [1.29, 1.82) is 0 Å². The van der Waals surface area contributed by atoms with E-state index >= 15 is 0 Å². The van der Waals surface area contributed by atoms with E-state index in [1.807, 2.05) is 5.38 Å². The average molecular weight is 341 g/mol. The van der Waals surface area contributed by atoms with Gasteiger partial charge in [-0.1, -0.05) is 30.2 Å². The summed E-state index contributed by atoms with van der Waals surface area (Å²) < 4.78 is 0.646. The van der Waals surface area contributed by atoms with Crippen LogP contribution in [0.25, 0.3) is 0 Å². The topological polar surface area (TPSA) is 68.9 Å². The zero-order valence-electron chi connectivity index (χ0n) is 13.8. The van der Waals surface area contributed by atoms with Gasteiger partial charge in [-0.15, -0.1) is 11.3 Å². The standard InChI is InChI=1S/C18H19N3O2S/c1-11-8-12(2)16(13(3)9-11)15-10-24-18(19-15)20-17(22)14-4-6-21(23)7-5-14/h4-10,12,16H,1-3H3,(H,19,20,22). The lowest BCUT2D eigenvalue weighted by atomic mass is 9.80. The van der Waals surface area contributed by atoms with Crippen LogP contribution in [0.1, 0.15) is 42.7 Å². The molecule has 2 unspecified atom stereocenters. The van der Waals surface area contributed by atoms with Crippen LogP contribution in [-0.4, -0.2) is 10.9 Å². The lowest BCUT2D eigenvalue weighted by molar-refractivity contribution is -0.605. The van der Waals surface area contributed by atoms with E-state index in [4.69, 9.17) is 0 Å². The lowest BCUT2D eigenvalue weighted by Crippen LogP contribution is -2.25. The largest absolute Gasteiger partial charge is 0.619 e. The maximum atomic E-state index is 12.2. The van der Waals surface area contributed by atoms with Crippen LogP contribution in [0.4, 0.5) is 5.13 Å². The molecule has 2 atom stereocenters. The molecule has 1 N–H and O–H groups in total. The molecule has 2 heterocycles. The third-order valence-electron chi connectivity index (χ3n) is 4.12. The highest BCUT2D eigenvalue weighted by Gasteiger charge is 2.25. The first-order valence-corrected chi connectivity index (χ1v) is 8.64. The van der Waals surface area contributed by atoms with Crippen LogP contribution in [0.5, 0.6) is 0 Å². The van der Waals surface area contributed by atoms with E-state index in [0.29, 0.717) is 21.3 Å². The maximum absolute atomic E-state index is 12.2. The van der Waals surface area contributed by atoms with Crippen molar-refractivity contribution in [1.82, 2.24) is 4.98 Å². The summed E-state index contributed by atoms with van der Waals surface area (Å²) in [6.07, 6.45) is 7.03. The highest BCUT2D eigenvalue weighted by atomic mass is 32.1. The Bertz CT molecular complexity index is 821. The third-order valence-corrected chi connectivity index (χ3v) is 4.90. The summed E-state index contributed by atoms with van der Waals surface area (Å²) in [7, 11) is 0. The minimum Gasteiger partial charge on any atom is -0.619 e. The Balaban J connectivity index is 1.75. The number of carbonyl (C=O) groups is 1. The number of carbonyl (C=O) groups excluding carboxylic acids is 1. The van der Waals surface area contributed by atoms with Crippen molar-refractivity contribution in [2.75, 3.05) is 5.32 Å². The summed E-state index contributed by atoms with van der Waals surface area (Å²) in [6.45, 7) is 6.41. The summed E-state index contributed by atoms with van der Waals surface area (Å²) in [4.78, 5) is 16.8. The molecule has 0 bridgehead atoms. The number of nitrogens with one attached hydrogen (secondary N) is 1. The highest BCUT2D eigenvalue weighted by Crippen LogP contribution is 2.38. The molecule has 0 aliphatic heterocycles. The molecule has 24 heavy (non-hydrogen) atoms. The minimum absolute atomic E-state index is 0.242. The summed E-state index contributed by atoms with van der Waals surface area (Å²) in [5, 5.41) is 16.4. The van der Waals surface area contributed by atoms with Gasteiger partial charge in [0, 0.05) is 23.4 Å². The molecule has 0 spiro atoms. The Morgan fingerprint density at radius 3 is 2.71 bits per heavy atom. The SMILES string of the molecule is CC1=CC(C)C(c2csc(NC(=O)c3cc[n+]([O-])cc3)n2)C(C)=C1. The first-order chi connectivity index (χ1) is 11.4. The van der Waals surface area contributed by atoms with Gasteiger partial charge in [-0.3, -0.25) is 10.1 Å². The number of nitrogens with zero attached hydrogens (tertiary/aromatic N) is 2. The van der Waals surface area contributed by atoms with Gasteiger partial charge in [-0.05, 0) is 19.8 Å². The molecule has 5 nitrogen and oxygen atoms in total. The molecule has 1 aliphatic carbocycles. The predicted molar refractivity (Wildman–Crippen MR) is 94.9 cm³/mol. The molecule has 0 saturated heterocycles. The van der Waals surface area contributed by atoms with Crippen molar-refractivity contribution in [3.05, 3.63) is 69.7 Å². The Morgan fingerprint density at radius 2 is 2.04 bits per heavy atom. The van der Waals surface area contributed by atoms with Crippen LogP contribution in [0.3, 0.4) is 0 Å². The van der Waals surface area contributed by atoms with Crippen molar-refractivity contribution in [2.45, 2.75) is 26.7 Å². The highest BCUT2D eigenvalue weighted by molar-refractivity contribution is 7.14. The van der Waals surface area contributed by atoms with E-state index in [1.54, 1.807) is 0 Å². The second kappa shape index (κ2) is 6.57. The monoisotopic (exact) mass is 341 g/mol. The maximum Gasteiger partial charge on any atom is 0.257 e. The molecular formula is C18H19N3O2S. The number of anilines is 1. The quantitative estimate of drug-likeness (QED) is 0.684. The van der Waals surface area contributed by atoms with Crippen molar-refractivity contribution >= 4 is 22.4 Å². The Morgan fingerprint density at radius 1 is 1.33 bits per heavy atom. The molecule has 0 saturated carbocycles. The second-order valence-corrected chi connectivity index (χ2v) is 6.97. The normalized spacial score (nSPS) is 20.3. The molecule has 0 fully saturated rings. The number of aromatic nitrogens is 2. The molecule has 6 heteroatoms. The predicted octanol–water partition coefficient (Wildman–Crippen LogP) is 3.65. The van der Waals surface area contributed by atoms with Gasteiger partial charge in [0.1, 0.15) is 0 Å². The van der Waals surface area contributed by atoms with E-state index in [9.17, 15) is 10.0 Å². The van der Waals surface area contributed by atoms with Gasteiger partial charge in [0.25, 0.3) is 5.91 Å². The van der Waals surface area contributed by atoms with E-state index in [-0.39, 0.29) is 11.8 Å². The fraction of sp³-hybridized carbons (Fsp3) is 0.278. The van der Waals surface area contributed by atoms with Crippen molar-refractivity contribution < 1.29 is 9.52 Å². The summed E-state index contributed by atoms with van der Waals surface area (Å²) in [6, 6.07) is 2.97. The molecule has 1 aliphatic rings. The number of pyridine rings is 1. The van der Waals surface area contributed by atoms with Crippen molar-refractivity contribution in [3.8, 4) is 0 Å². The Kier molecular flexibility index (Phi) is 4.49. The first kappa shape index (κ1) is 16.4. The summed E-state index contributed by atoms with van der Waals surface area (Å²) >= 11 is 1.42. The zero-order valence-corrected chi connectivity index (χ0v) is 14.6. The van der Waals surface area contributed by atoms with Gasteiger partial charge in [-0.2, -0.15) is 4.73 Å². The van der Waals surface area contributed by atoms with Crippen LogP contribution in [0.15, 0.2) is 53.2 Å². The van der Waals surface area contributed by atoms with Crippen molar-refractivity contribution in [3.63, 3.8) is 0 Å². The minimum atomic E-state index is -0.267. The zero-order chi connectivity index (χ0) is 17.3. The van der Waals surface area contributed by atoms with Gasteiger partial charge in [0.15, 0.2) is 17.5 Å². The number of allylic oxidation sites excluding steroid dienone is 4. The smallest absolute Gasteiger partial charge is 0.257 e. The molecule has 124 valence electrons. The molecule has 3 rings (SSSR count). The van der Waals surface area contributed by atoms with Crippen LogP contribution in [0, 0.1) is 11.1 Å². The molecule has 0 radical (unpaired) electrons. The van der Waals surface area contributed by atoms with E-state index < -0.39 is 0 Å². The number of rotatable bonds is 3. The van der Waals surface area contributed by atoms with Gasteiger partial charge in [0.2, 0.25) is 0 Å². The van der Waals surface area contributed by atoms with Gasteiger partial charge >= 0.3 is 0 Å². The van der Waals surface area contributed by atoms with Gasteiger partial charge < -0.3 is 5.21 Å². The van der Waals surface area contributed by atoms with Crippen molar-refractivity contribution in [2.24, 2.45) is 5.92 Å². The van der Waals surface area contributed by atoms with E-state index in [0.717, 1.165) is 5.69 Å². The molecule has 2 aromatic heterocycles. The molecule has 1 amide bonds. The third kappa shape index (κ3) is 3.38. The summed E-state index contributed by atoms with van der Waals surface area (Å²) in [5.74, 6) is 0.352. The fourth-order valence-corrected chi connectivity index (χ4v) is 3.89. The number of hydrogen-bond acceptors (Lipinski definition) is 4. The van der Waals surface area contributed by atoms with Gasteiger partial charge in [0.05, 0.1) is 11.3 Å². The van der Waals surface area contributed by atoms with Crippen LogP contribution >= 0.6 is 11.3 Å². The Labute approximate surface area is 145 Å². The van der Waals surface area contributed by atoms with Crippen LogP contribution in [-0.2, 0) is 0 Å². The number of hydrogen-bond donors (Lipinski definition) is 1. The molecule has 0 aromatic carbocycles. The molecular weight excluding hydrogens is 322 g/mol. The average Bonchev–Trinajstić information content (AvgIpc) is 2.95. The van der Waals surface area contributed by atoms with Crippen LogP contribution < -0.4 is 10.0 Å². The number of thiazole rings is 1. The first-order valence-electron chi connectivity index (χ1n) is 7.76.